The van der Waals surface area contributed by atoms with Crippen molar-refractivity contribution in [3.8, 4) is 11.4 Å². The molecule has 0 aliphatic carbocycles. The van der Waals surface area contributed by atoms with E-state index >= 15 is 0 Å². The molecule has 0 unspecified atom stereocenters. The highest BCUT2D eigenvalue weighted by atomic mass is 16.5. The number of nitrogens with zero attached hydrogens (tertiary/aromatic N) is 6. The number of benzene rings is 1. The van der Waals surface area contributed by atoms with Crippen LogP contribution in [0.5, 0.6) is 5.75 Å². The topological polar surface area (TPSA) is 104 Å². The molecule has 1 aromatic carbocycles. The van der Waals surface area contributed by atoms with Crippen LogP contribution >= 0.6 is 0 Å². The second kappa shape index (κ2) is 7.88. The van der Waals surface area contributed by atoms with Gasteiger partial charge in [0.05, 0.1) is 44.4 Å². The van der Waals surface area contributed by atoms with Gasteiger partial charge in [0.2, 0.25) is 5.95 Å². The zero-order chi connectivity index (χ0) is 21.4. The lowest BCUT2D eigenvalue weighted by atomic mass is 10.1. The van der Waals surface area contributed by atoms with Crippen LogP contribution in [0.1, 0.15) is 5.69 Å². The molecule has 2 N–H and O–H groups in total. The SMILES string of the molecule is CNc1nc(Nc2ccc(-n3cnc(C)c3)c(OC)c2)nc2c1ncn2CC1COC1. The highest BCUT2D eigenvalue weighted by Crippen LogP contribution is 2.29. The van der Waals surface area contributed by atoms with Gasteiger partial charge in [-0.3, -0.25) is 0 Å². The van der Waals surface area contributed by atoms with Crippen molar-refractivity contribution in [2.75, 3.05) is 38.0 Å². The molecule has 5 rings (SSSR count). The summed E-state index contributed by atoms with van der Waals surface area (Å²) in [4.78, 5) is 18.1. The van der Waals surface area contributed by atoms with E-state index in [-0.39, 0.29) is 0 Å². The standard InChI is InChI=1S/C21H24N8O2/c1-13-7-28(11-23-13)16-5-4-15(6-17(16)30-3)25-21-26-19(22-2)18-20(27-21)29(12-24-18)8-14-9-31-10-14/h4-7,11-12,14H,8-10H2,1-3H3,(H2,22,25,26,27). The highest BCUT2D eigenvalue weighted by molar-refractivity contribution is 5.84. The summed E-state index contributed by atoms with van der Waals surface area (Å²) in [5.41, 5.74) is 4.19. The van der Waals surface area contributed by atoms with Crippen LogP contribution in [0.4, 0.5) is 17.5 Å². The minimum Gasteiger partial charge on any atom is -0.494 e. The number of hydrogen-bond acceptors (Lipinski definition) is 8. The van der Waals surface area contributed by atoms with E-state index in [1.165, 1.54) is 0 Å². The summed E-state index contributed by atoms with van der Waals surface area (Å²) in [5, 5.41) is 6.41. The lowest BCUT2D eigenvalue weighted by molar-refractivity contribution is -0.0390. The first-order valence-electron chi connectivity index (χ1n) is 10.1. The molecule has 1 aliphatic heterocycles. The van der Waals surface area contributed by atoms with Crippen molar-refractivity contribution in [2.45, 2.75) is 13.5 Å². The Kier molecular flexibility index (Phi) is 4.91. The number of fused-ring (bicyclic) bond motifs is 1. The van der Waals surface area contributed by atoms with Crippen LogP contribution < -0.4 is 15.4 Å². The second-order valence-electron chi connectivity index (χ2n) is 7.55. The number of rotatable bonds is 7. The Morgan fingerprint density at radius 3 is 2.74 bits per heavy atom. The molecule has 1 saturated heterocycles. The van der Waals surface area contributed by atoms with E-state index in [0.29, 0.717) is 23.4 Å². The van der Waals surface area contributed by atoms with Crippen LogP contribution in [0.3, 0.4) is 0 Å². The van der Waals surface area contributed by atoms with E-state index in [1.807, 2.05) is 49.3 Å². The molecule has 4 heterocycles. The maximum Gasteiger partial charge on any atom is 0.231 e. The molecule has 160 valence electrons. The molecule has 4 aromatic rings. The molecule has 1 fully saturated rings. The van der Waals surface area contributed by atoms with E-state index in [9.17, 15) is 0 Å². The van der Waals surface area contributed by atoms with Gasteiger partial charge in [0.15, 0.2) is 17.0 Å². The molecule has 0 spiro atoms. The Labute approximate surface area is 179 Å². The summed E-state index contributed by atoms with van der Waals surface area (Å²) in [7, 11) is 3.48. The largest absolute Gasteiger partial charge is 0.494 e. The van der Waals surface area contributed by atoms with Crippen LogP contribution in [0.15, 0.2) is 37.1 Å². The molecule has 0 saturated carbocycles. The quantitative estimate of drug-likeness (QED) is 0.470. The number of imidazole rings is 2. The summed E-state index contributed by atoms with van der Waals surface area (Å²) < 4.78 is 14.9. The Morgan fingerprint density at radius 2 is 2.06 bits per heavy atom. The molecule has 0 radical (unpaired) electrons. The molecule has 0 bridgehead atoms. The zero-order valence-corrected chi connectivity index (χ0v) is 17.7. The lowest BCUT2D eigenvalue weighted by Crippen LogP contribution is -2.31. The van der Waals surface area contributed by atoms with Crippen molar-refractivity contribution < 1.29 is 9.47 Å². The van der Waals surface area contributed by atoms with E-state index in [2.05, 4.69) is 30.2 Å². The predicted molar refractivity (Wildman–Crippen MR) is 117 cm³/mol. The zero-order valence-electron chi connectivity index (χ0n) is 17.7. The summed E-state index contributed by atoms with van der Waals surface area (Å²) in [6.45, 7) is 4.33. The van der Waals surface area contributed by atoms with Crippen molar-refractivity contribution >= 4 is 28.6 Å². The summed E-state index contributed by atoms with van der Waals surface area (Å²) in [5.74, 6) is 2.36. The minimum absolute atomic E-state index is 0.483. The average Bonchev–Trinajstić information content (AvgIpc) is 3.36. The molecule has 0 atom stereocenters. The minimum atomic E-state index is 0.483. The lowest BCUT2D eigenvalue weighted by Gasteiger charge is -2.26. The fourth-order valence-electron chi connectivity index (χ4n) is 3.63. The predicted octanol–water partition coefficient (Wildman–Crippen LogP) is 2.76. The van der Waals surface area contributed by atoms with Gasteiger partial charge in [-0.2, -0.15) is 9.97 Å². The summed E-state index contributed by atoms with van der Waals surface area (Å²) >= 11 is 0. The molecule has 0 amide bonds. The van der Waals surface area contributed by atoms with Crippen LogP contribution in [0, 0.1) is 12.8 Å². The molecule has 31 heavy (non-hydrogen) atoms. The molecule has 10 heteroatoms. The molecule has 10 nitrogen and oxygen atoms in total. The average molecular weight is 420 g/mol. The van der Waals surface area contributed by atoms with Gasteiger partial charge in [-0.15, -0.1) is 0 Å². The van der Waals surface area contributed by atoms with E-state index < -0.39 is 0 Å². The van der Waals surface area contributed by atoms with Crippen molar-refractivity contribution in [2.24, 2.45) is 5.92 Å². The second-order valence-corrected chi connectivity index (χ2v) is 7.55. The van der Waals surface area contributed by atoms with Crippen molar-refractivity contribution in [3.63, 3.8) is 0 Å². The number of hydrogen-bond donors (Lipinski definition) is 2. The van der Waals surface area contributed by atoms with Gasteiger partial charge >= 0.3 is 0 Å². The van der Waals surface area contributed by atoms with Crippen LogP contribution in [0.2, 0.25) is 0 Å². The molecule has 1 aliphatic rings. The molecular formula is C21H24N8O2. The highest BCUT2D eigenvalue weighted by Gasteiger charge is 2.21. The van der Waals surface area contributed by atoms with Crippen LogP contribution in [0.25, 0.3) is 16.9 Å². The normalized spacial score (nSPS) is 13.9. The third-order valence-corrected chi connectivity index (χ3v) is 5.29. The van der Waals surface area contributed by atoms with Gasteiger partial charge in [-0.05, 0) is 19.1 Å². The first kappa shape index (κ1) is 19.3. The van der Waals surface area contributed by atoms with Gasteiger partial charge in [-0.25, -0.2) is 9.97 Å². The summed E-state index contributed by atoms with van der Waals surface area (Å²) in [6, 6.07) is 5.85. The number of aromatic nitrogens is 6. The van der Waals surface area contributed by atoms with E-state index in [0.717, 1.165) is 48.0 Å². The van der Waals surface area contributed by atoms with Gasteiger partial charge in [0.25, 0.3) is 0 Å². The first-order valence-corrected chi connectivity index (χ1v) is 10.1. The van der Waals surface area contributed by atoms with Crippen molar-refractivity contribution in [1.82, 2.24) is 29.1 Å². The fraction of sp³-hybridized carbons (Fsp3) is 0.333. The third-order valence-electron chi connectivity index (χ3n) is 5.29. The first-order chi connectivity index (χ1) is 15.1. The van der Waals surface area contributed by atoms with Crippen LogP contribution in [-0.2, 0) is 11.3 Å². The number of ether oxygens (including phenoxy) is 2. The van der Waals surface area contributed by atoms with Crippen molar-refractivity contribution in [3.05, 3.63) is 42.7 Å². The Bertz CT molecular complexity index is 1230. The third kappa shape index (κ3) is 3.66. The van der Waals surface area contributed by atoms with Gasteiger partial charge in [-0.1, -0.05) is 0 Å². The molecular weight excluding hydrogens is 396 g/mol. The Balaban J connectivity index is 1.47. The molecule has 3 aromatic heterocycles. The fourth-order valence-corrected chi connectivity index (χ4v) is 3.63. The number of aryl methyl sites for hydroxylation is 1. The van der Waals surface area contributed by atoms with Crippen LogP contribution in [-0.4, -0.2) is 56.4 Å². The maximum absolute atomic E-state index is 5.60. The number of nitrogens with one attached hydrogen (secondary N) is 2. The van der Waals surface area contributed by atoms with Gasteiger partial charge in [0.1, 0.15) is 5.75 Å². The summed E-state index contributed by atoms with van der Waals surface area (Å²) in [6.07, 6.45) is 5.54. The maximum atomic E-state index is 5.60. The van der Waals surface area contributed by atoms with E-state index in [4.69, 9.17) is 14.5 Å². The Morgan fingerprint density at radius 1 is 1.19 bits per heavy atom. The van der Waals surface area contributed by atoms with E-state index in [1.54, 1.807) is 13.4 Å². The Hall–Kier alpha value is -3.66. The van der Waals surface area contributed by atoms with Gasteiger partial charge in [0, 0.05) is 37.5 Å². The number of methoxy groups -OCH3 is 1. The van der Waals surface area contributed by atoms with Gasteiger partial charge < -0.3 is 29.2 Å². The number of anilines is 3. The smallest absolute Gasteiger partial charge is 0.231 e. The monoisotopic (exact) mass is 420 g/mol. The van der Waals surface area contributed by atoms with Crippen molar-refractivity contribution in [1.29, 1.82) is 0 Å².